The Labute approximate surface area is 112 Å². The summed E-state index contributed by atoms with van der Waals surface area (Å²) in [6.45, 7) is 5.16. The van der Waals surface area contributed by atoms with Crippen molar-refractivity contribution in [2.45, 2.75) is 31.9 Å². The minimum atomic E-state index is -4.77. The molecule has 19 heavy (non-hydrogen) atoms. The maximum Gasteiger partial charge on any atom is 0.573 e. The Bertz CT molecular complexity index is 492. The fraction of sp³-hybridized carbons (Fsp3) is 0.417. The van der Waals surface area contributed by atoms with Gasteiger partial charge >= 0.3 is 6.36 Å². The molecule has 106 valence electrons. The zero-order valence-electron chi connectivity index (χ0n) is 10.7. The highest BCUT2D eigenvalue weighted by atomic mass is 32.2. The van der Waals surface area contributed by atoms with E-state index in [0.29, 0.717) is 0 Å². The van der Waals surface area contributed by atoms with Crippen LogP contribution in [0, 0.1) is 0 Å². The van der Waals surface area contributed by atoms with Crippen molar-refractivity contribution in [2.75, 3.05) is 0 Å². The van der Waals surface area contributed by atoms with Crippen LogP contribution in [0.1, 0.15) is 26.3 Å². The molecule has 0 spiro atoms. The maximum absolute atomic E-state index is 12.2. The lowest BCUT2D eigenvalue weighted by atomic mass is 10.2. The molecule has 1 aromatic rings. The minimum absolute atomic E-state index is 0.123. The third-order valence-electron chi connectivity index (χ3n) is 1.96. The summed E-state index contributed by atoms with van der Waals surface area (Å²) in [6.07, 6.45) is -3.64. The molecule has 0 heterocycles. The molecule has 1 aromatic carbocycles. The first-order valence-electron chi connectivity index (χ1n) is 5.40. The molecule has 0 radical (unpaired) electrons. The van der Waals surface area contributed by atoms with Gasteiger partial charge in [-0.2, -0.15) is 4.40 Å². The Kier molecular flexibility index (Phi) is 4.73. The number of ether oxygens (including phenoxy) is 1. The predicted molar refractivity (Wildman–Crippen MR) is 68.6 cm³/mol. The van der Waals surface area contributed by atoms with Gasteiger partial charge in [0.1, 0.15) is 16.7 Å². The van der Waals surface area contributed by atoms with Gasteiger partial charge in [-0.3, -0.25) is 0 Å². The van der Waals surface area contributed by atoms with Crippen LogP contribution in [0.4, 0.5) is 13.2 Å². The van der Waals surface area contributed by atoms with Crippen molar-refractivity contribution in [3.05, 3.63) is 29.8 Å². The van der Waals surface area contributed by atoms with Crippen LogP contribution in [0.25, 0.3) is 0 Å². The average molecular weight is 293 g/mol. The molecular formula is C12H14F3NO2S. The molecule has 0 aliphatic heterocycles. The third kappa shape index (κ3) is 5.42. The van der Waals surface area contributed by atoms with Crippen molar-refractivity contribution in [3.63, 3.8) is 0 Å². The smallest absolute Gasteiger partial charge is 0.405 e. The first-order valence-corrected chi connectivity index (χ1v) is 6.51. The molecule has 3 nitrogen and oxygen atoms in total. The van der Waals surface area contributed by atoms with E-state index in [-0.39, 0.29) is 11.3 Å². The van der Waals surface area contributed by atoms with E-state index >= 15 is 0 Å². The second-order valence-corrected chi connectivity index (χ2v) is 6.62. The maximum atomic E-state index is 12.2. The van der Waals surface area contributed by atoms with Crippen LogP contribution in [0.15, 0.2) is 28.7 Å². The van der Waals surface area contributed by atoms with Gasteiger partial charge in [0.05, 0.1) is 4.75 Å². The van der Waals surface area contributed by atoms with Gasteiger partial charge in [-0.05, 0) is 32.9 Å². The predicted octanol–water partition coefficient (Wildman–Crippen LogP) is 3.47. The molecule has 0 saturated heterocycles. The molecule has 0 amide bonds. The number of rotatable bonds is 3. The molecule has 7 heteroatoms. The highest BCUT2D eigenvalue weighted by molar-refractivity contribution is 7.85. The van der Waals surface area contributed by atoms with Crippen LogP contribution in [0.2, 0.25) is 0 Å². The van der Waals surface area contributed by atoms with Gasteiger partial charge < -0.3 is 4.74 Å². The van der Waals surface area contributed by atoms with Crippen molar-refractivity contribution >= 4 is 17.2 Å². The number of hydrogen-bond donors (Lipinski definition) is 0. The molecule has 0 saturated carbocycles. The fourth-order valence-corrected chi connectivity index (χ4v) is 1.59. The zero-order chi connectivity index (χ0) is 14.7. The molecule has 0 unspecified atom stereocenters. The largest absolute Gasteiger partial charge is 0.573 e. The number of hydrogen-bond acceptors (Lipinski definition) is 2. The SMILES string of the molecule is CC(C)(C)[S@@](=O)N=Cc1ccccc1OC(F)(F)F. The van der Waals surface area contributed by atoms with Crippen molar-refractivity contribution in [3.8, 4) is 5.75 Å². The van der Waals surface area contributed by atoms with Crippen molar-refractivity contribution in [2.24, 2.45) is 4.40 Å². The second-order valence-electron chi connectivity index (χ2n) is 4.68. The van der Waals surface area contributed by atoms with E-state index in [4.69, 9.17) is 0 Å². The Hall–Kier alpha value is -1.37. The van der Waals surface area contributed by atoms with Gasteiger partial charge in [-0.15, -0.1) is 13.2 Å². The standard InChI is InChI=1S/C12H14F3NO2S/c1-11(2,3)19(17)16-8-9-6-4-5-7-10(9)18-12(13,14)15/h4-8H,1-3H3/t19-/m1/s1. The molecule has 1 rings (SSSR count). The Morgan fingerprint density at radius 3 is 2.32 bits per heavy atom. The van der Waals surface area contributed by atoms with Gasteiger partial charge in [0.2, 0.25) is 0 Å². The number of halogens is 3. The summed E-state index contributed by atoms with van der Waals surface area (Å²) in [7, 11) is -1.54. The summed E-state index contributed by atoms with van der Waals surface area (Å²) >= 11 is 0. The van der Waals surface area contributed by atoms with Crippen LogP contribution in [-0.4, -0.2) is 21.5 Å². The van der Waals surface area contributed by atoms with Gasteiger partial charge in [-0.25, -0.2) is 4.21 Å². The van der Waals surface area contributed by atoms with Crippen LogP contribution in [0.5, 0.6) is 5.75 Å². The molecular weight excluding hydrogens is 279 g/mol. The molecule has 0 aliphatic rings. The molecule has 0 aliphatic carbocycles. The topological polar surface area (TPSA) is 38.7 Å². The van der Waals surface area contributed by atoms with E-state index in [0.717, 1.165) is 6.21 Å². The Balaban J connectivity index is 2.96. The summed E-state index contributed by atoms with van der Waals surface area (Å²) in [5.74, 6) is -0.371. The van der Waals surface area contributed by atoms with Crippen LogP contribution in [-0.2, 0) is 11.0 Å². The normalized spacial score (nSPS) is 14.6. The van der Waals surface area contributed by atoms with E-state index in [1.54, 1.807) is 26.8 Å². The van der Waals surface area contributed by atoms with Crippen LogP contribution >= 0.6 is 0 Å². The molecule has 0 bridgehead atoms. The number of nitrogens with zero attached hydrogens (tertiary/aromatic N) is 1. The van der Waals surface area contributed by atoms with Crippen LogP contribution < -0.4 is 4.74 Å². The highest BCUT2D eigenvalue weighted by Crippen LogP contribution is 2.25. The van der Waals surface area contributed by atoms with Gasteiger partial charge in [0, 0.05) is 11.8 Å². The van der Waals surface area contributed by atoms with Crippen molar-refractivity contribution < 1.29 is 22.1 Å². The first-order chi connectivity index (χ1) is 8.59. The lowest BCUT2D eigenvalue weighted by Gasteiger charge is -2.13. The third-order valence-corrected chi connectivity index (χ3v) is 3.30. The summed E-state index contributed by atoms with van der Waals surface area (Å²) in [4.78, 5) is 0. The molecule has 0 N–H and O–H groups in total. The fourth-order valence-electron chi connectivity index (χ4n) is 1.07. The summed E-state index contributed by atoms with van der Waals surface area (Å²) in [5.41, 5.74) is 0.123. The molecule has 0 aromatic heterocycles. The minimum Gasteiger partial charge on any atom is -0.405 e. The van der Waals surface area contributed by atoms with E-state index in [2.05, 4.69) is 9.13 Å². The van der Waals surface area contributed by atoms with E-state index in [9.17, 15) is 17.4 Å². The second kappa shape index (κ2) is 5.73. The number of alkyl halides is 3. The highest BCUT2D eigenvalue weighted by Gasteiger charge is 2.31. The first kappa shape index (κ1) is 15.7. The van der Waals surface area contributed by atoms with Crippen LogP contribution in [0.3, 0.4) is 0 Å². The monoisotopic (exact) mass is 293 g/mol. The van der Waals surface area contributed by atoms with E-state index < -0.39 is 22.1 Å². The van der Waals surface area contributed by atoms with E-state index in [1.165, 1.54) is 18.2 Å². The van der Waals surface area contributed by atoms with E-state index in [1.807, 2.05) is 0 Å². The zero-order valence-corrected chi connectivity index (χ0v) is 11.5. The van der Waals surface area contributed by atoms with Crippen molar-refractivity contribution in [1.29, 1.82) is 0 Å². The van der Waals surface area contributed by atoms with Gasteiger partial charge in [0.25, 0.3) is 0 Å². The van der Waals surface area contributed by atoms with Gasteiger partial charge in [0.15, 0.2) is 0 Å². The average Bonchev–Trinajstić information content (AvgIpc) is 2.24. The number of para-hydroxylation sites is 1. The molecule has 1 atom stereocenters. The Morgan fingerprint density at radius 1 is 1.21 bits per heavy atom. The Morgan fingerprint density at radius 2 is 1.79 bits per heavy atom. The summed E-state index contributed by atoms with van der Waals surface area (Å²) in [6, 6.07) is 5.54. The quantitative estimate of drug-likeness (QED) is 0.800. The lowest BCUT2D eigenvalue weighted by molar-refractivity contribution is -0.274. The molecule has 0 fully saturated rings. The van der Waals surface area contributed by atoms with Crippen molar-refractivity contribution in [1.82, 2.24) is 0 Å². The number of benzene rings is 1. The lowest BCUT2D eigenvalue weighted by Crippen LogP contribution is -2.20. The summed E-state index contributed by atoms with van der Waals surface area (Å²) < 4.78 is 55.3. The summed E-state index contributed by atoms with van der Waals surface area (Å²) in [5, 5.41) is 0. The van der Waals surface area contributed by atoms with Gasteiger partial charge in [-0.1, -0.05) is 12.1 Å².